The molecule has 0 atom stereocenters. The predicted octanol–water partition coefficient (Wildman–Crippen LogP) is 1.10. The molecule has 2 rings (SSSR count). The maximum Gasteiger partial charge on any atom is 0.325 e. The zero-order chi connectivity index (χ0) is 12.6. The third-order valence-corrected chi connectivity index (χ3v) is 2.92. The van der Waals surface area contributed by atoms with E-state index in [0.29, 0.717) is 16.6 Å². The van der Waals surface area contributed by atoms with Crippen molar-refractivity contribution in [2.75, 3.05) is 0 Å². The molecule has 2 heterocycles. The minimum atomic E-state index is -0.296. The Bertz CT molecular complexity index is 623. The molecule has 2 aromatic heterocycles. The fourth-order valence-corrected chi connectivity index (χ4v) is 2.11. The van der Waals surface area contributed by atoms with Gasteiger partial charge in [-0.3, -0.25) is 9.59 Å². The molecule has 0 aliphatic heterocycles. The molecule has 0 bridgehead atoms. The Hall–Kier alpha value is -1.76. The molecule has 17 heavy (non-hydrogen) atoms. The second-order valence-corrected chi connectivity index (χ2v) is 4.76. The number of carbonyl (C=O) groups excluding carboxylic acids is 1. The zero-order valence-electron chi connectivity index (χ0n) is 9.68. The second-order valence-electron chi connectivity index (χ2n) is 3.62. The minimum Gasteiger partial charge on any atom is -0.438 e. The first-order valence-corrected chi connectivity index (χ1v) is 5.81. The van der Waals surface area contributed by atoms with E-state index in [0.717, 1.165) is 16.0 Å². The molecule has 0 unspecified atom stereocenters. The van der Waals surface area contributed by atoms with Crippen molar-refractivity contribution < 1.29 is 9.21 Å². The summed E-state index contributed by atoms with van der Waals surface area (Å²) in [6.07, 6.45) is 0. The molecule has 0 fully saturated rings. The number of hydrogen-bond acceptors (Lipinski definition) is 6. The monoisotopic (exact) mass is 253 g/mol. The average molecular weight is 253 g/mol. The third-order valence-electron chi connectivity index (χ3n) is 2.16. The summed E-state index contributed by atoms with van der Waals surface area (Å²) in [7, 11) is 0. The van der Waals surface area contributed by atoms with Gasteiger partial charge < -0.3 is 4.42 Å². The Balaban J connectivity index is 2.26. The van der Waals surface area contributed by atoms with E-state index in [4.69, 9.17) is 4.42 Å². The van der Waals surface area contributed by atoms with Gasteiger partial charge in [-0.25, -0.2) is 9.67 Å². The summed E-state index contributed by atoms with van der Waals surface area (Å²) in [4.78, 5) is 27.1. The van der Waals surface area contributed by atoms with Crippen molar-refractivity contribution in [2.24, 2.45) is 0 Å². The fraction of sp³-hybridized carbons (Fsp3) is 0.400. The molecule has 0 N–H and O–H groups in total. The Kier molecular flexibility index (Phi) is 2.93. The third kappa shape index (κ3) is 2.33. The van der Waals surface area contributed by atoms with E-state index in [1.54, 1.807) is 20.8 Å². The standard InChI is InChI=1S/C10H11N3O3S/c1-5-9(16-6(2)11-5)8(14)4-13-10(15)17-7(3)12-13/h4H2,1-3H3. The molecule has 0 radical (unpaired) electrons. The SMILES string of the molecule is Cc1nc(C)c(C(=O)Cn2nc(C)sc2=O)o1. The number of rotatable bonds is 3. The Morgan fingerprint density at radius 3 is 2.59 bits per heavy atom. The number of nitrogens with zero attached hydrogens (tertiary/aromatic N) is 3. The largest absolute Gasteiger partial charge is 0.438 e. The molecule has 0 aliphatic carbocycles. The normalized spacial score (nSPS) is 10.8. The van der Waals surface area contributed by atoms with Crippen LogP contribution in [0.4, 0.5) is 0 Å². The molecule has 0 saturated carbocycles. The lowest BCUT2D eigenvalue weighted by Crippen LogP contribution is -2.21. The van der Waals surface area contributed by atoms with Crippen LogP contribution in [-0.2, 0) is 6.54 Å². The van der Waals surface area contributed by atoms with Gasteiger partial charge in [0, 0.05) is 6.92 Å². The van der Waals surface area contributed by atoms with Gasteiger partial charge >= 0.3 is 4.87 Å². The molecule has 0 spiro atoms. The maximum atomic E-state index is 11.9. The lowest BCUT2D eigenvalue weighted by molar-refractivity contribution is 0.0937. The zero-order valence-corrected chi connectivity index (χ0v) is 10.5. The van der Waals surface area contributed by atoms with Crippen LogP contribution in [0.25, 0.3) is 0 Å². The van der Waals surface area contributed by atoms with Crippen LogP contribution >= 0.6 is 11.3 Å². The smallest absolute Gasteiger partial charge is 0.325 e. The van der Waals surface area contributed by atoms with Crippen molar-refractivity contribution in [3.63, 3.8) is 0 Å². The number of ketones is 1. The van der Waals surface area contributed by atoms with E-state index in [1.807, 2.05) is 0 Å². The van der Waals surface area contributed by atoms with E-state index in [9.17, 15) is 9.59 Å². The Labute approximate surface area is 101 Å². The summed E-state index contributed by atoms with van der Waals surface area (Å²) in [6.45, 7) is 4.97. The first kappa shape index (κ1) is 11.7. The number of oxazole rings is 1. The van der Waals surface area contributed by atoms with Gasteiger partial charge in [0.15, 0.2) is 11.7 Å². The molecule has 90 valence electrons. The summed E-state index contributed by atoms with van der Waals surface area (Å²) in [5.74, 6) is 0.336. The number of aryl methyl sites for hydroxylation is 3. The van der Waals surface area contributed by atoms with Crippen LogP contribution in [0.15, 0.2) is 9.21 Å². The Morgan fingerprint density at radius 2 is 2.12 bits per heavy atom. The highest BCUT2D eigenvalue weighted by molar-refractivity contribution is 7.08. The first-order valence-electron chi connectivity index (χ1n) is 4.99. The summed E-state index contributed by atoms with van der Waals surface area (Å²) >= 11 is 1.01. The van der Waals surface area contributed by atoms with Gasteiger partial charge in [0.2, 0.25) is 5.78 Å². The van der Waals surface area contributed by atoms with Crippen molar-refractivity contribution in [1.82, 2.24) is 14.8 Å². The number of hydrogen-bond donors (Lipinski definition) is 0. The van der Waals surface area contributed by atoms with Gasteiger partial charge in [-0.15, -0.1) is 0 Å². The van der Waals surface area contributed by atoms with Crippen LogP contribution in [0.2, 0.25) is 0 Å². The average Bonchev–Trinajstić information content (AvgIpc) is 2.70. The van der Waals surface area contributed by atoms with Crippen molar-refractivity contribution in [2.45, 2.75) is 27.3 Å². The van der Waals surface area contributed by atoms with Crippen molar-refractivity contribution in [1.29, 1.82) is 0 Å². The van der Waals surface area contributed by atoms with Crippen LogP contribution < -0.4 is 4.87 Å². The number of aromatic nitrogens is 3. The van der Waals surface area contributed by atoms with Gasteiger partial charge in [0.1, 0.15) is 11.6 Å². The summed E-state index contributed by atoms with van der Waals surface area (Å²) in [5, 5.41) is 4.58. The van der Waals surface area contributed by atoms with Gasteiger partial charge in [0.05, 0.1) is 5.69 Å². The van der Waals surface area contributed by atoms with E-state index >= 15 is 0 Å². The Morgan fingerprint density at radius 1 is 1.41 bits per heavy atom. The van der Waals surface area contributed by atoms with Crippen molar-refractivity contribution in [3.05, 3.63) is 32.0 Å². The second kappa shape index (κ2) is 4.25. The van der Waals surface area contributed by atoms with E-state index in [-0.39, 0.29) is 23.0 Å². The van der Waals surface area contributed by atoms with Gasteiger partial charge in [0.25, 0.3) is 0 Å². The van der Waals surface area contributed by atoms with Crippen LogP contribution in [0.5, 0.6) is 0 Å². The van der Waals surface area contributed by atoms with Crippen LogP contribution in [0.3, 0.4) is 0 Å². The molecular formula is C10H11N3O3S. The van der Waals surface area contributed by atoms with E-state index < -0.39 is 0 Å². The highest BCUT2D eigenvalue weighted by atomic mass is 32.1. The van der Waals surface area contributed by atoms with Crippen LogP contribution in [0, 0.1) is 20.8 Å². The molecule has 7 heteroatoms. The summed E-state index contributed by atoms with van der Waals surface area (Å²) in [6, 6.07) is 0. The first-order chi connectivity index (χ1) is 7.97. The van der Waals surface area contributed by atoms with Gasteiger partial charge in [-0.05, 0) is 13.8 Å². The van der Waals surface area contributed by atoms with Crippen LogP contribution in [-0.4, -0.2) is 20.5 Å². The topological polar surface area (TPSA) is 78.0 Å². The lowest BCUT2D eigenvalue weighted by Gasteiger charge is -1.97. The fourth-order valence-electron chi connectivity index (χ4n) is 1.51. The molecule has 6 nitrogen and oxygen atoms in total. The predicted molar refractivity (Wildman–Crippen MR) is 61.4 cm³/mol. The van der Waals surface area contributed by atoms with Gasteiger partial charge in [-0.1, -0.05) is 11.3 Å². The van der Waals surface area contributed by atoms with Gasteiger partial charge in [-0.2, -0.15) is 5.10 Å². The van der Waals surface area contributed by atoms with E-state index in [2.05, 4.69) is 10.1 Å². The van der Waals surface area contributed by atoms with Crippen LogP contribution in [0.1, 0.15) is 27.1 Å². The highest BCUT2D eigenvalue weighted by Crippen LogP contribution is 2.10. The quantitative estimate of drug-likeness (QED) is 0.765. The molecule has 0 aliphatic rings. The number of carbonyl (C=O) groups is 1. The molecule has 0 aromatic carbocycles. The lowest BCUT2D eigenvalue weighted by atomic mass is 10.2. The maximum absolute atomic E-state index is 11.9. The summed E-state index contributed by atoms with van der Waals surface area (Å²) in [5.41, 5.74) is 0.535. The molecular weight excluding hydrogens is 242 g/mol. The summed E-state index contributed by atoms with van der Waals surface area (Å²) < 4.78 is 6.33. The number of Topliss-reactive ketones (excluding diaryl/α,β-unsaturated/α-hetero) is 1. The highest BCUT2D eigenvalue weighted by Gasteiger charge is 2.18. The van der Waals surface area contributed by atoms with Crippen molar-refractivity contribution >= 4 is 17.1 Å². The minimum absolute atomic E-state index is 0.112. The molecule has 2 aromatic rings. The van der Waals surface area contributed by atoms with Crippen molar-refractivity contribution in [3.8, 4) is 0 Å². The van der Waals surface area contributed by atoms with E-state index in [1.165, 1.54) is 0 Å². The molecule has 0 amide bonds. The molecule has 0 saturated heterocycles.